The van der Waals surface area contributed by atoms with Crippen LogP contribution in [0.2, 0.25) is 0 Å². The van der Waals surface area contributed by atoms with Crippen molar-refractivity contribution in [3.8, 4) is 0 Å². The molecule has 2 atom stereocenters. The molecular weight excluding hydrogens is 394 g/mol. The van der Waals surface area contributed by atoms with Crippen molar-refractivity contribution in [2.75, 3.05) is 0 Å². The maximum atomic E-state index is 12.5. The van der Waals surface area contributed by atoms with Crippen LogP contribution in [0.3, 0.4) is 0 Å². The molecule has 182 valence electrons. The molecule has 0 saturated heterocycles. The van der Waals surface area contributed by atoms with Gasteiger partial charge >= 0.3 is 0 Å². The zero-order chi connectivity index (χ0) is 23.4. The lowest BCUT2D eigenvalue weighted by Gasteiger charge is -2.17. The standard InChI is InChI=1S/C29H49NO2/c1-4-6-8-9-10-11-12-13-14-15-16-18-20-28(31)25(3)30-29(32)27-23-21-26(22-24-27)19-17-7-5-2/h18,20-25,28,31H,4-17,19H2,1-3H3,(H,30,32)/b20-18+/t25-,28-/m1/s1. The van der Waals surface area contributed by atoms with E-state index in [1.54, 1.807) is 0 Å². The van der Waals surface area contributed by atoms with Crippen molar-refractivity contribution in [2.24, 2.45) is 0 Å². The number of aryl methyl sites for hydroxylation is 1. The summed E-state index contributed by atoms with van der Waals surface area (Å²) < 4.78 is 0. The van der Waals surface area contributed by atoms with Crippen LogP contribution in [0.4, 0.5) is 0 Å². The van der Waals surface area contributed by atoms with E-state index in [4.69, 9.17) is 0 Å². The van der Waals surface area contributed by atoms with Gasteiger partial charge in [-0.3, -0.25) is 4.79 Å². The number of allylic oxidation sites excluding steroid dienone is 1. The van der Waals surface area contributed by atoms with Crippen molar-refractivity contribution in [1.29, 1.82) is 0 Å². The number of rotatable bonds is 19. The van der Waals surface area contributed by atoms with Crippen LogP contribution in [0.25, 0.3) is 0 Å². The Morgan fingerprint density at radius 2 is 1.38 bits per heavy atom. The van der Waals surface area contributed by atoms with Gasteiger partial charge in [0.15, 0.2) is 0 Å². The van der Waals surface area contributed by atoms with E-state index >= 15 is 0 Å². The quantitative estimate of drug-likeness (QED) is 0.169. The van der Waals surface area contributed by atoms with Crippen molar-refractivity contribution in [3.05, 3.63) is 47.5 Å². The SMILES string of the molecule is CCCCCCCCCCCC/C=C/[C@@H](O)[C@@H](C)NC(=O)c1ccc(CCCCC)cc1. The van der Waals surface area contributed by atoms with Gasteiger partial charge in [0.05, 0.1) is 12.1 Å². The fourth-order valence-electron chi connectivity index (χ4n) is 3.93. The minimum Gasteiger partial charge on any atom is -0.387 e. The van der Waals surface area contributed by atoms with Gasteiger partial charge in [-0.15, -0.1) is 0 Å². The monoisotopic (exact) mass is 443 g/mol. The molecule has 0 heterocycles. The Hall–Kier alpha value is -1.61. The molecule has 0 saturated carbocycles. The third-order valence-corrected chi connectivity index (χ3v) is 6.21. The molecule has 0 unspecified atom stereocenters. The zero-order valence-corrected chi connectivity index (χ0v) is 21.1. The molecule has 0 radical (unpaired) electrons. The summed E-state index contributed by atoms with van der Waals surface area (Å²) in [5.74, 6) is -0.125. The highest BCUT2D eigenvalue weighted by Gasteiger charge is 2.15. The van der Waals surface area contributed by atoms with Gasteiger partial charge < -0.3 is 10.4 Å². The average Bonchev–Trinajstić information content (AvgIpc) is 2.80. The smallest absolute Gasteiger partial charge is 0.251 e. The number of carbonyl (C=O) groups is 1. The summed E-state index contributed by atoms with van der Waals surface area (Å²) in [7, 11) is 0. The van der Waals surface area contributed by atoms with E-state index in [1.807, 2.05) is 37.3 Å². The Morgan fingerprint density at radius 3 is 1.97 bits per heavy atom. The van der Waals surface area contributed by atoms with Gasteiger partial charge in [0.1, 0.15) is 0 Å². The third-order valence-electron chi connectivity index (χ3n) is 6.21. The van der Waals surface area contributed by atoms with E-state index in [0.717, 1.165) is 12.8 Å². The summed E-state index contributed by atoms with van der Waals surface area (Å²) in [6.07, 6.45) is 22.3. The largest absolute Gasteiger partial charge is 0.387 e. The first-order valence-corrected chi connectivity index (χ1v) is 13.3. The zero-order valence-electron chi connectivity index (χ0n) is 21.1. The molecule has 32 heavy (non-hydrogen) atoms. The maximum Gasteiger partial charge on any atom is 0.251 e. The average molecular weight is 444 g/mol. The predicted molar refractivity (Wildman–Crippen MR) is 138 cm³/mol. The number of hydrogen-bond acceptors (Lipinski definition) is 2. The number of nitrogens with one attached hydrogen (secondary N) is 1. The van der Waals surface area contributed by atoms with Gasteiger partial charge in [-0.05, 0) is 50.3 Å². The maximum absolute atomic E-state index is 12.5. The molecule has 1 amide bonds. The summed E-state index contributed by atoms with van der Waals surface area (Å²) >= 11 is 0. The van der Waals surface area contributed by atoms with Crippen molar-refractivity contribution in [1.82, 2.24) is 5.32 Å². The fourth-order valence-corrected chi connectivity index (χ4v) is 3.93. The molecule has 0 spiro atoms. The normalized spacial score (nSPS) is 13.4. The topological polar surface area (TPSA) is 49.3 Å². The Morgan fingerprint density at radius 1 is 0.844 bits per heavy atom. The van der Waals surface area contributed by atoms with E-state index in [2.05, 4.69) is 25.2 Å². The first-order chi connectivity index (χ1) is 15.6. The molecule has 0 aromatic heterocycles. The van der Waals surface area contributed by atoms with Crippen LogP contribution in [0, 0.1) is 0 Å². The Labute approximate surface area is 198 Å². The molecular formula is C29H49NO2. The van der Waals surface area contributed by atoms with Crippen molar-refractivity contribution in [3.63, 3.8) is 0 Å². The summed E-state index contributed by atoms with van der Waals surface area (Å²) in [5.41, 5.74) is 1.93. The molecule has 0 fully saturated rings. The highest BCUT2D eigenvalue weighted by molar-refractivity contribution is 5.94. The molecule has 1 rings (SSSR count). The van der Waals surface area contributed by atoms with E-state index in [0.29, 0.717) is 5.56 Å². The van der Waals surface area contributed by atoms with Crippen LogP contribution in [0.1, 0.15) is 127 Å². The van der Waals surface area contributed by atoms with E-state index in [9.17, 15) is 9.90 Å². The number of hydrogen-bond donors (Lipinski definition) is 2. The van der Waals surface area contributed by atoms with E-state index in [1.165, 1.54) is 89.0 Å². The van der Waals surface area contributed by atoms with Gasteiger partial charge in [-0.25, -0.2) is 0 Å². The second kappa shape index (κ2) is 18.9. The number of aliphatic hydroxyl groups is 1. The first kappa shape index (κ1) is 28.4. The lowest BCUT2D eigenvalue weighted by atomic mass is 10.0. The van der Waals surface area contributed by atoms with Gasteiger partial charge in [-0.1, -0.05) is 109 Å². The molecule has 0 aliphatic rings. The highest BCUT2D eigenvalue weighted by atomic mass is 16.3. The Kier molecular flexibility index (Phi) is 16.8. The molecule has 1 aromatic carbocycles. The van der Waals surface area contributed by atoms with E-state index < -0.39 is 6.10 Å². The molecule has 3 nitrogen and oxygen atoms in total. The Bertz CT molecular complexity index is 608. The molecule has 0 aliphatic heterocycles. The molecule has 1 aromatic rings. The van der Waals surface area contributed by atoms with Crippen molar-refractivity contribution >= 4 is 5.91 Å². The number of benzene rings is 1. The predicted octanol–water partition coefficient (Wildman–Crippen LogP) is 7.77. The van der Waals surface area contributed by atoms with Crippen LogP contribution < -0.4 is 5.32 Å². The lowest BCUT2D eigenvalue weighted by molar-refractivity contribution is 0.0894. The fraction of sp³-hybridized carbons (Fsp3) is 0.690. The van der Waals surface area contributed by atoms with Gasteiger partial charge in [-0.2, -0.15) is 0 Å². The third kappa shape index (κ3) is 13.7. The molecule has 0 bridgehead atoms. The van der Waals surface area contributed by atoms with Gasteiger partial charge in [0.2, 0.25) is 0 Å². The summed E-state index contributed by atoms with van der Waals surface area (Å²) in [6.45, 7) is 6.32. The van der Waals surface area contributed by atoms with Crippen LogP contribution in [-0.2, 0) is 6.42 Å². The van der Waals surface area contributed by atoms with Crippen LogP contribution in [-0.4, -0.2) is 23.2 Å². The van der Waals surface area contributed by atoms with Crippen LogP contribution in [0.15, 0.2) is 36.4 Å². The summed E-state index contributed by atoms with van der Waals surface area (Å²) in [4.78, 5) is 12.5. The minimum atomic E-state index is -0.657. The molecule has 3 heteroatoms. The highest BCUT2D eigenvalue weighted by Crippen LogP contribution is 2.12. The number of aliphatic hydroxyl groups excluding tert-OH is 1. The van der Waals surface area contributed by atoms with Crippen LogP contribution in [0.5, 0.6) is 0 Å². The number of unbranched alkanes of at least 4 members (excludes halogenated alkanes) is 12. The summed E-state index contributed by atoms with van der Waals surface area (Å²) in [5, 5.41) is 13.3. The second-order valence-corrected chi connectivity index (χ2v) is 9.31. The Balaban J connectivity index is 2.16. The van der Waals surface area contributed by atoms with Gasteiger partial charge in [0, 0.05) is 5.56 Å². The van der Waals surface area contributed by atoms with Crippen molar-refractivity contribution < 1.29 is 9.90 Å². The van der Waals surface area contributed by atoms with Gasteiger partial charge in [0.25, 0.3) is 5.91 Å². The lowest BCUT2D eigenvalue weighted by Crippen LogP contribution is -2.40. The van der Waals surface area contributed by atoms with E-state index in [-0.39, 0.29) is 11.9 Å². The minimum absolute atomic E-state index is 0.125. The first-order valence-electron chi connectivity index (χ1n) is 13.3. The number of amides is 1. The second-order valence-electron chi connectivity index (χ2n) is 9.31. The van der Waals surface area contributed by atoms with Crippen molar-refractivity contribution in [2.45, 2.75) is 129 Å². The van der Waals surface area contributed by atoms with Crippen LogP contribution >= 0.6 is 0 Å². The summed E-state index contributed by atoms with van der Waals surface area (Å²) in [6, 6.07) is 7.54. The number of carbonyl (C=O) groups excluding carboxylic acids is 1. The molecule has 0 aliphatic carbocycles. The molecule has 2 N–H and O–H groups in total.